The van der Waals surface area contributed by atoms with Crippen LogP contribution < -0.4 is 10.3 Å². The molecule has 0 saturated heterocycles. The molecular formula is C22H20F4N4O5. The maximum atomic E-state index is 13.2. The summed E-state index contributed by atoms with van der Waals surface area (Å²) in [6.07, 6.45) is -5.18. The van der Waals surface area contributed by atoms with Crippen LogP contribution in [0.3, 0.4) is 0 Å². The molecule has 35 heavy (non-hydrogen) atoms. The van der Waals surface area contributed by atoms with Crippen LogP contribution in [0.1, 0.15) is 19.5 Å². The van der Waals surface area contributed by atoms with E-state index in [9.17, 15) is 37.1 Å². The van der Waals surface area contributed by atoms with Crippen LogP contribution in [-0.4, -0.2) is 46.2 Å². The smallest absolute Gasteiger partial charge is 0.436 e. The zero-order valence-corrected chi connectivity index (χ0v) is 18.5. The second-order valence-electron chi connectivity index (χ2n) is 7.83. The highest BCUT2D eigenvalue weighted by molar-refractivity contribution is 6.26. The summed E-state index contributed by atoms with van der Waals surface area (Å²) in [6, 6.07) is 6.13. The molecule has 0 bridgehead atoms. The summed E-state index contributed by atoms with van der Waals surface area (Å²) in [4.78, 5) is 41.9. The Kier molecular flexibility index (Phi) is 7.27. The van der Waals surface area contributed by atoms with Crippen molar-refractivity contribution in [3.05, 3.63) is 65.4 Å². The maximum absolute atomic E-state index is 13.2. The van der Waals surface area contributed by atoms with E-state index in [1.165, 1.54) is 12.1 Å². The molecule has 13 heteroatoms. The number of nitrogens with one attached hydrogen (secondary N) is 1. The SMILES string of the molecule is CC(C)COC(=O)N1C(=O)C(C(=O)Nc2ccc(F)cc2)=C(O)CN1c1ccc(C(F)(F)F)nc1. The molecule has 0 fully saturated rings. The number of imide groups is 1. The Morgan fingerprint density at radius 3 is 2.37 bits per heavy atom. The van der Waals surface area contributed by atoms with Crippen LogP contribution in [0.25, 0.3) is 0 Å². The summed E-state index contributed by atoms with van der Waals surface area (Å²) in [5.74, 6) is -3.83. The highest BCUT2D eigenvalue weighted by atomic mass is 19.4. The number of anilines is 2. The van der Waals surface area contributed by atoms with Crippen LogP contribution in [0.2, 0.25) is 0 Å². The van der Waals surface area contributed by atoms with Gasteiger partial charge in [-0.05, 0) is 42.3 Å². The van der Waals surface area contributed by atoms with Gasteiger partial charge >= 0.3 is 12.3 Å². The molecular weight excluding hydrogens is 476 g/mol. The molecule has 3 amide bonds. The number of alkyl halides is 3. The third-order valence-corrected chi connectivity index (χ3v) is 4.61. The topological polar surface area (TPSA) is 112 Å². The predicted octanol–water partition coefficient (Wildman–Crippen LogP) is 4.05. The Balaban J connectivity index is 1.96. The van der Waals surface area contributed by atoms with Crippen LogP contribution in [0.15, 0.2) is 53.9 Å². The first-order valence-electron chi connectivity index (χ1n) is 10.2. The predicted molar refractivity (Wildman–Crippen MR) is 114 cm³/mol. The molecule has 1 aliphatic heterocycles. The zero-order chi connectivity index (χ0) is 25.9. The van der Waals surface area contributed by atoms with Crippen LogP contribution in [0.5, 0.6) is 0 Å². The fourth-order valence-corrected chi connectivity index (χ4v) is 2.98. The Bertz CT molecular complexity index is 1150. The molecule has 1 aromatic carbocycles. The van der Waals surface area contributed by atoms with E-state index in [0.717, 1.165) is 29.4 Å². The molecule has 2 heterocycles. The number of carbonyl (C=O) groups excluding carboxylic acids is 3. The summed E-state index contributed by atoms with van der Waals surface area (Å²) in [5, 5.41) is 14.0. The first-order chi connectivity index (χ1) is 16.4. The number of carbonyl (C=O) groups is 3. The van der Waals surface area contributed by atoms with Crippen LogP contribution in [-0.2, 0) is 20.5 Å². The summed E-state index contributed by atoms with van der Waals surface area (Å²) >= 11 is 0. The summed E-state index contributed by atoms with van der Waals surface area (Å²) in [5.41, 5.74) is -2.06. The molecule has 186 valence electrons. The average molecular weight is 496 g/mol. The zero-order valence-electron chi connectivity index (χ0n) is 18.5. The lowest BCUT2D eigenvalue weighted by molar-refractivity contribution is -0.141. The highest BCUT2D eigenvalue weighted by Gasteiger charge is 2.42. The van der Waals surface area contributed by atoms with Crippen molar-refractivity contribution in [1.29, 1.82) is 0 Å². The van der Waals surface area contributed by atoms with Crippen molar-refractivity contribution in [3.8, 4) is 0 Å². The summed E-state index contributed by atoms with van der Waals surface area (Å²) in [6.45, 7) is 2.72. The number of hydrogen-bond acceptors (Lipinski definition) is 7. The number of pyridine rings is 1. The van der Waals surface area contributed by atoms with E-state index < -0.39 is 53.5 Å². The molecule has 0 aliphatic carbocycles. The number of aromatic nitrogens is 1. The lowest BCUT2D eigenvalue weighted by Crippen LogP contribution is -2.56. The van der Waals surface area contributed by atoms with E-state index in [1.807, 2.05) is 0 Å². The average Bonchev–Trinajstić information content (AvgIpc) is 2.78. The molecule has 3 rings (SSSR count). The van der Waals surface area contributed by atoms with Crippen molar-refractivity contribution in [2.45, 2.75) is 20.0 Å². The molecule has 2 N–H and O–H groups in total. The van der Waals surface area contributed by atoms with Crippen LogP contribution in [0.4, 0.5) is 33.7 Å². The monoisotopic (exact) mass is 496 g/mol. The minimum absolute atomic E-state index is 0.103. The van der Waals surface area contributed by atoms with Gasteiger partial charge in [-0.3, -0.25) is 14.6 Å². The number of benzene rings is 1. The van der Waals surface area contributed by atoms with E-state index in [2.05, 4.69) is 10.3 Å². The molecule has 1 aromatic heterocycles. The number of hydrogen-bond donors (Lipinski definition) is 2. The van der Waals surface area contributed by atoms with Crippen molar-refractivity contribution in [3.63, 3.8) is 0 Å². The number of aliphatic hydroxyl groups is 1. The van der Waals surface area contributed by atoms with Gasteiger partial charge in [-0.25, -0.2) is 14.2 Å². The van der Waals surface area contributed by atoms with Gasteiger partial charge < -0.3 is 15.2 Å². The standard InChI is InChI=1S/C22H20F4N4O5/c1-12(2)11-35-21(34)30-20(33)18(19(32)28-14-5-3-13(23)4-6-14)16(31)10-29(30)15-7-8-17(27-9-15)22(24,25)26/h3-9,12,31H,10-11H2,1-2H3,(H,28,32). The number of nitrogens with zero attached hydrogens (tertiary/aromatic N) is 3. The number of hydrazine groups is 1. The lowest BCUT2D eigenvalue weighted by Gasteiger charge is -2.37. The van der Waals surface area contributed by atoms with E-state index in [4.69, 9.17) is 4.74 Å². The van der Waals surface area contributed by atoms with E-state index in [1.54, 1.807) is 13.8 Å². The second kappa shape index (κ2) is 9.99. The Hall–Kier alpha value is -4.16. The Morgan fingerprint density at radius 1 is 1.17 bits per heavy atom. The van der Waals surface area contributed by atoms with Gasteiger partial charge in [0.25, 0.3) is 11.8 Å². The fourth-order valence-electron chi connectivity index (χ4n) is 2.98. The van der Waals surface area contributed by atoms with Gasteiger partial charge in [0, 0.05) is 5.69 Å². The molecule has 0 radical (unpaired) electrons. The molecule has 0 atom stereocenters. The van der Waals surface area contributed by atoms with Crippen molar-refractivity contribution in [2.24, 2.45) is 5.92 Å². The third kappa shape index (κ3) is 5.86. The molecule has 2 aromatic rings. The van der Waals surface area contributed by atoms with E-state index in [-0.39, 0.29) is 23.9 Å². The van der Waals surface area contributed by atoms with Crippen LogP contribution in [0, 0.1) is 11.7 Å². The molecule has 1 aliphatic rings. The van der Waals surface area contributed by atoms with E-state index >= 15 is 0 Å². The number of aliphatic hydroxyl groups excluding tert-OH is 1. The van der Waals surface area contributed by atoms with Crippen molar-refractivity contribution in [2.75, 3.05) is 23.5 Å². The second-order valence-corrected chi connectivity index (χ2v) is 7.83. The number of halogens is 4. The van der Waals surface area contributed by atoms with Gasteiger partial charge in [0.15, 0.2) is 0 Å². The van der Waals surface area contributed by atoms with Gasteiger partial charge in [-0.1, -0.05) is 13.8 Å². The van der Waals surface area contributed by atoms with Gasteiger partial charge in [0.05, 0.1) is 25.0 Å². The van der Waals surface area contributed by atoms with Crippen molar-refractivity contribution < 1.29 is 41.8 Å². The first kappa shape index (κ1) is 25.5. The van der Waals surface area contributed by atoms with Crippen molar-refractivity contribution in [1.82, 2.24) is 9.99 Å². The summed E-state index contributed by atoms with van der Waals surface area (Å²) < 4.78 is 56.8. The molecule has 9 nitrogen and oxygen atoms in total. The highest BCUT2D eigenvalue weighted by Crippen LogP contribution is 2.31. The van der Waals surface area contributed by atoms with Crippen molar-refractivity contribution >= 4 is 29.3 Å². The van der Waals surface area contributed by atoms with Gasteiger partial charge in [0.2, 0.25) is 0 Å². The third-order valence-electron chi connectivity index (χ3n) is 4.61. The number of rotatable bonds is 5. The lowest BCUT2D eigenvalue weighted by atomic mass is 10.1. The molecule has 0 spiro atoms. The van der Waals surface area contributed by atoms with Crippen LogP contribution >= 0.6 is 0 Å². The quantitative estimate of drug-likeness (QED) is 0.475. The molecule has 0 saturated carbocycles. The minimum atomic E-state index is -4.72. The number of amides is 3. The molecule has 0 unspecified atom stereocenters. The Morgan fingerprint density at radius 2 is 1.83 bits per heavy atom. The Labute approximate surface area is 196 Å². The fraction of sp³-hybridized carbons (Fsp3) is 0.273. The number of ether oxygens (including phenoxy) is 1. The minimum Gasteiger partial charge on any atom is -0.509 e. The normalized spacial score (nSPS) is 14.4. The van der Waals surface area contributed by atoms with Gasteiger partial charge in [-0.2, -0.15) is 13.2 Å². The first-order valence-corrected chi connectivity index (χ1v) is 10.2. The van der Waals surface area contributed by atoms with Gasteiger partial charge in [-0.15, -0.1) is 5.01 Å². The summed E-state index contributed by atoms with van der Waals surface area (Å²) in [7, 11) is 0. The van der Waals surface area contributed by atoms with Gasteiger partial charge in [0.1, 0.15) is 22.8 Å². The largest absolute Gasteiger partial charge is 0.509 e. The maximum Gasteiger partial charge on any atom is 0.436 e. The van der Waals surface area contributed by atoms with E-state index in [0.29, 0.717) is 11.1 Å².